The largest absolute Gasteiger partial charge is 0.494 e. The molecule has 0 radical (unpaired) electrons. The lowest BCUT2D eigenvalue weighted by Gasteiger charge is -2.14. The van der Waals surface area contributed by atoms with Crippen molar-refractivity contribution in [2.75, 3.05) is 13.2 Å². The fourth-order valence-electron chi connectivity index (χ4n) is 1.99. The van der Waals surface area contributed by atoms with Gasteiger partial charge in [0.2, 0.25) is 0 Å². The molecule has 2 nitrogen and oxygen atoms in total. The normalized spacial score (nSPS) is 12.1. The molecule has 106 valence electrons. The fraction of sp³-hybridized carbons (Fsp3) is 0.294. The van der Waals surface area contributed by atoms with Gasteiger partial charge in [-0.15, -0.1) is 0 Å². The van der Waals surface area contributed by atoms with E-state index in [1.54, 1.807) is 12.1 Å². The zero-order valence-corrected chi connectivity index (χ0v) is 11.7. The summed E-state index contributed by atoms with van der Waals surface area (Å²) in [6.45, 7) is 3.55. The van der Waals surface area contributed by atoms with Crippen LogP contribution in [0.3, 0.4) is 0 Å². The third-order valence-electron chi connectivity index (χ3n) is 3.13. The molecule has 20 heavy (non-hydrogen) atoms. The predicted octanol–water partition coefficient (Wildman–Crippen LogP) is 3.95. The fourth-order valence-corrected chi connectivity index (χ4v) is 1.99. The second-order valence-corrected chi connectivity index (χ2v) is 4.75. The van der Waals surface area contributed by atoms with Crippen LogP contribution in [0.4, 0.5) is 4.39 Å². The Morgan fingerprint density at radius 1 is 1.10 bits per heavy atom. The minimum Gasteiger partial charge on any atom is -0.494 e. The molecule has 0 heterocycles. The molecular weight excluding hydrogens is 253 g/mol. The van der Waals surface area contributed by atoms with Crippen LogP contribution >= 0.6 is 0 Å². The molecule has 0 aliphatic rings. The highest BCUT2D eigenvalue weighted by molar-refractivity contribution is 5.21. The van der Waals surface area contributed by atoms with Gasteiger partial charge in [0.1, 0.15) is 11.6 Å². The summed E-state index contributed by atoms with van der Waals surface area (Å²) in [6, 6.07) is 16.6. The molecule has 2 aromatic carbocycles. The van der Waals surface area contributed by atoms with Crippen LogP contribution < -0.4 is 10.1 Å². The summed E-state index contributed by atoms with van der Waals surface area (Å²) >= 11 is 0. The van der Waals surface area contributed by atoms with Gasteiger partial charge in [-0.1, -0.05) is 30.3 Å². The number of ether oxygens (including phenoxy) is 1. The van der Waals surface area contributed by atoms with Crippen LogP contribution in [0, 0.1) is 5.82 Å². The maximum Gasteiger partial charge on any atom is 0.123 e. The van der Waals surface area contributed by atoms with Gasteiger partial charge in [0, 0.05) is 6.04 Å². The number of para-hydroxylation sites is 1. The van der Waals surface area contributed by atoms with Gasteiger partial charge in [0.15, 0.2) is 0 Å². The Hall–Kier alpha value is -1.87. The van der Waals surface area contributed by atoms with Crippen molar-refractivity contribution < 1.29 is 9.13 Å². The van der Waals surface area contributed by atoms with Gasteiger partial charge in [-0.05, 0) is 49.7 Å². The Bertz CT molecular complexity index is 515. The molecule has 2 rings (SSSR count). The summed E-state index contributed by atoms with van der Waals surface area (Å²) in [5.74, 6) is 0.703. The van der Waals surface area contributed by atoms with Gasteiger partial charge in [0.05, 0.1) is 6.61 Å². The number of halogens is 1. The van der Waals surface area contributed by atoms with Gasteiger partial charge in [-0.2, -0.15) is 0 Å². The zero-order chi connectivity index (χ0) is 14.2. The average molecular weight is 273 g/mol. The number of benzene rings is 2. The first-order valence-electron chi connectivity index (χ1n) is 6.92. The van der Waals surface area contributed by atoms with E-state index in [0.29, 0.717) is 6.61 Å². The molecule has 0 spiro atoms. The molecule has 1 atom stereocenters. The van der Waals surface area contributed by atoms with Crippen molar-refractivity contribution in [1.82, 2.24) is 5.32 Å². The Morgan fingerprint density at radius 2 is 1.90 bits per heavy atom. The SMILES string of the molecule is C[C@@H](NCCCOc1ccccc1)c1cccc(F)c1. The molecule has 1 N–H and O–H groups in total. The molecule has 0 saturated heterocycles. The standard InChI is InChI=1S/C17H20FNO/c1-14(15-7-5-8-16(18)13-15)19-11-6-12-20-17-9-3-2-4-10-17/h2-5,7-10,13-14,19H,6,11-12H2,1H3/t14-/m1/s1. The maximum absolute atomic E-state index is 13.1. The van der Waals surface area contributed by atoms with Crippen molar-refractivity contribution in [3.63, 3.8) is 0 Å². The van der Waals surface area contributed by atoms with Crippen molar-refractivity contribution in [1.29, 1.82) is 0 Å². The van der Waals surface area contributed by atoms with Gasteiger partial charge < -0.3 is 10.1 Å². The van der Waals surface area contributed by atoms with E-state index >= 15 is 0 Å². The minimum absolute atomic E-state index is 0.141. The van der Waals surface area contributed by atoms with Crippen LogP contribution in [0.25, 0.3) is 0 Å². The molecule has 0 amide bonds. The molecule has 3 heteroatoms. The molecule has 0 unspecified atom stereocenters. The summed E-state index contributed by atoms with van der Waals surface area (Å²) in [5, 5.41) is 3.37. The number of hydrogen-bond acceptors (Lipinski definition) is 2. The lowest BCUT2D eigenvalue weighted by molar-refractivity contribution is 0.305. The molecule has 0 saturated carbocycles. The summed E-state index contributed by atoms with van der Waals surface area (Å²) in [4.78, 5) is 0. The molecule has 0 aliphatic carbocycles. The molecule has 0 aromatic heterocycles. The van der Waals surface area contributed by atoms with Crippen LogP contribution in [0.1, 0.15) is 24.9 Å². The summed E-state index contributed by atoms with van der Waals surface area (Å²) in [6.07, 6.45) is 0.911. The first kappa shape index (κ1) is 14.5. The molecule has 2 aromatic rings. The van der Waals surface area contributed by atoms with Gasteiger partial charge in [-0.3, -0.25) is 0 Å². The van der Waals surface area contributed by atoms with Gasteiger partial charge in [-0.25, -0.2) is 4.39 Å². The van der Waals surface area contributed by atoms with Gasteiger partial charge in [0.25, 0.3) is 0 Å². The van der Waals surface area contributed by atoms with Crippen molar-refractivity contribution in [2.45, 2.75) is 19.4 Å². The molecular formula is C17H20FNO. The predicted molar refractivity (Wildman–Crippen MR) is 79.4 cm³/mol. The first-order chi connectivity index (χ1) is 9.75. The summed E-state index contributed by atoms with van der Waals surface area (Å²) < 4.78 is 18.7. The minimum atomic E-state index is -0.191. The average Bonchev–Trinajstić information content (AvgIpc) is 2.48. The van der Waals surface area contributed by atoms with Crippen LogP contribution in [0.2, 0.25) is 0 Å². The third-order valence-corrected chi connectivity index (χ3v) is 3.13. The van der Waals surface area contributed by atoms with Crippen LogP contribution in [-0.2, 0) is 0 Å². The second-order valence-electron chi connectivity index (χ2n) is 4.75. The highest BCUT2D eigenvalue weighted by atomic mass is 19.1. The van der Waals surface area contributed by atoms with Crippen LogP contribution in [0.15, 0.2) is 54.6 Å². The zero-order valence-electron chi connectivity index (χ0n) is 11.7. The highest BCUT2D eigenvalue weighted by Crippen LogP contribution is 2.13. The van der Waals surface area contributed by atoms with Gasteiger partial charge >= 0.3 is 0 Å². The second kappa shape index (κ2) is 7.65. The van der Waals surface area contributed by atoms with Crippen molar-refractivity contribution in [3.8, 4) is 5.75 Å². The van der Waals surface area contributed by atoms with E-state index in [-0.39, 0.29) is 11.9 Å². The maximum atomic E-state index is 13.1. The lowest BCUT2D eigenvalue weighted by Crippen LogP contribution is -2.21. The Labute approximate surface area is 119 Å². The quantitative estimate of drug-likeness (QED) is 0.771. The Balaban J connectivity index is 1.66. The topological polar surface area (TPSA) is 21.3 Å². The van der Waals surface area contributed by atoms with Crippen molar-refractivity contribution >= 4 is 0 Å². The van der Waals surface area contributed by atoms with E-state index in [9.17, 15) is 4.39 Å². The van der Waals surface area contributed by atoms with E-state index in [4.69, 9.17) is 4.74 Å². The van der Waals surface area contributed by atoms with Crippen molar-refractivity contribution in [2.24, 2.45) is 0 Å². The molecule has 0 aliphatic heterocycles. The number of hydrogen-bond donors (Lipinski definition) is 1. The summed E-state index contributed by atoms with van der Waals surface area (Å²) in [7, 11) is 0. The molecule has 0 bridgehead atoms. The van der Waals surface area contributed by atoms with E-state index in [2.05, 4.69) is 5.32 Å². The van der Waals surface area contributed by atoms with E-state index in [0.717, 1.165) is 24.3 Å². The molecule has 0 fully saturated rings. The third kappa shape index (κ3) is 4.67. The van der Waals surface area contributed by atoms with E-state index < -0.39 is 0 Å². The first-order valence-corrected chi connectivity index (χ1v) is 6.92. The van der Waals surface area contributed by atoms with E-state index in [1.165, 1.54) is 6.07 Å². The smallest absolute Gasteiger partial charge is 0.123 e. The van der Waals surface area contributed by atoms with Crippen LogP contribution in [-0.4, -0.2) is 13.2 Å². The van der Waals surface area contributed by atoms with Crippen LogP contribution in [0.5, 0.6) is 5.75 Å². The van der Waals surface area contributed by atoms with Crippen molar-refractivity contribution in [3.05, 3.63) is 66.0 Å². The lowest BCUT2D eigenvalue weighted by atomic mass is 10.1. The highest BCUT2D eigenvalue weighted by Gasteiger charge is 2.04. The number of rotatable bonds is 7. The number of nitrogens with one attached hydrogen (secondary N) is 1. The Kier molecular flexibility index (Phi) is 5.56. The monoisotopic (exact) mass is 273 g/mol. The van der Waals surface area contributed by atoms with E-state index in [1.807, 2.05) is 43.3 Å². The summed E-state index contributed by atoms with van der Waals surface area (Å²) in [5.41, 5.74) is 0.967. The Morgan fingerprint density at radius 3 is 2.65 bits per heavy atom.